The standard InChI is InChI=1S/C16H20FN3O/c1-2-7-18-11-13-10-14(17)12-20-16(13)21-9-6-15-5-3-4-8-19-15/h3-5,8,10,12,18H,2,6-7,9,11H2,1H3. The molecule has 2 heterocycles. The number of halogens is 1. The van der Waals surface area contributed by atoms with E-state index in [9.17, 15) is 4.39 Å². The first-order valence-corrected chi connectivity index (χ1v) is 7.17. The van der Waals surface area contributed by atoms with Crippen molar-refractivity contribution in [3.8, 4) is 5.88 Å². The first-order valence-electron chi connectivity index (χ1n) is 7.17. The minimum absolute atomic E-state index is 0.347. The number of ether oxygens (including phenoxy) is 1. The van der Waals surface area contributed by atoms with Crippen LogP contribution in [0.2, 0.25) is 0 Å². The van der Waals surface area contributed by atoms with Crippen LogP contribution < -0.4 is 10.1 Å². The number of aromatic nitrogens is 2. The van der Waals surface area contributed by atoms with Crippen molar-refractivity contribution in [3.63, 3.8) is 0 Å². The second-order valence-corrected chi connectivity index (χ2v) is 4.71. The Morgan fingerprint density at radius 3 is 2.95 bits per heavy atom. The van der Waals surface area contributed by atoms with Gasteiger partial charge in [0.05, 0.1) is 12.8 Å². The number of hydrogen-bond donors (Lipinski definition) is 1. The highest BCUT2D eigenvalue weighted by Gasteiger charge is 2.07. The molecule has 0 unspecified atom stereocenters. The van der Waals surface area contributed by atoms with E-state index in [1.165, 1.54) is 12.3 Å². The van der Waals surface area contributed by atoms with E-state index in [0.717, 1.165) is 24.2 Å². The molecule has 0 aliphatic heterocycles. The average molecular weight is 289 g/mol. The van der Waals surface area contributed by atoms with Crippen molar-refractivity contribution < 1.29 is 9.13 Å². The van der Waals surface area contributed by atoms with Crippen LogP contribution in [-0.4, -0.2) is 23.1 Å². The SMILES string of the molecule is CCCNCc1cc(F)cnc1OCCc1ccccn1. The van der Waals surface area contributed by atoms with Crippen molar-refractivity contribution in [1.82, 2.24) is 15.3 Å². The van der Waals surface area contributed by atoms with Gasteiger partial charge in [-0.1, -0.05) is 13.0 Å². The fourth-order valence-corrected chi connectivity index (χ4v) is 1.92. The van der Waals surface area contributed by atoms with Crippen LogP contribution in [0.1, 0.15) is 24.6 Å². The van der Waals surface area contributed by atoms with Gasteiger partial charge >= 0.3 is 0 Å². The summed E-state index contributed by atoms with van der Waals surface area (Å²) in [7, 11) is 0. The van der Waals surface area contributed by atoms with Crippen LogP contribution in [0.4, 0.5) is 4.39 Å². The molecule has 0 bridgehead atoms. The van der Waals surface area contributed by atoms with Crippen molar-refractivity contribution >= 4 is 0 Å². The Balaban J connectivity index is 1.92. The minimum Gasteiger partial charge on any atom is -0.477 e. The van der Waals surface area contributed by atoms with Gasteiger partial charge < -0.3 is 10.1 Å². The summed E-state index contributed by atoms with van der Waals surface area (Å²) in [6.07, 6.45) is 4.66. The highest BCUT2D eigenvalue weighted by molar-refractivity contribution is 5.26. The number of pyridine rings is 2. The van der Waals surface area contributed by atoms with Gasteiger partial charge in [-0.25, -0.2) is 9.37 Å². The van der Waals surface area contributed by atoms with E-state index in [1.54, 1.807) is 6.20 Å². The van der Waals surface area contributed by atoms with E-state index in [2.05, 4.69) is 22.2 Å². The second kappa shape index (κ2) is 8.32. The summed E-state index contributed by atoms with van der Waals surface area (Å²) < 4.78 is 19.0. The molecule has 0 atom stereocenters. The quantitative estimate of drug-likeness (QED) is 0.759. The van der Waals surface area contributed by atoms with E-state index in [4.69, 9.17) is 4.74 Å². The molecule has 0 saturated carbocycles. The zero-order chi connectivity index (χ0) is 14.9. The molecule has 0 spiro atoms. The van der Waals surface area contributed by atoms with Gasteiger partial charge in [-0.15, -0.1) is 0 Å². The predicted octanol–water partition coefficient (Wildman–Crippen LogP) is 2.74. The molecule has 4 nitrogen and oxygen atoms in total. The van der Waals surface area contributed by atoms with Crippen LogP contribution in [-0.2, 0) is 13.0 Å². The van der Waals surface area contributed by atoms with E-state index in [0.29, 0.717) is 25.5 Å². The Morgan fingerprint density at radius 2 is 2.19 bits per heavy atom. The molecule has 2 rings (SSSR count). The average Bonchev–Trinajstić information content (AvgIpc) is 2.51. The monoisotopic (exact) mass is 289 g/mol. The molecular weight excluding hydrogens is 269 g/mol. The summed E-state index contributed by atoms with van der Waals surface area (Å²) in [6.45, 7) is 3.99. The van der Waals surface area contributed by atoms with Crippen molar-refractivity contribution in [2.75, 3.05) is 13.2 Å². The largest absolute Gasteiger partial charge is 0.477 e. The molecule has 0 radical (unpaired) electrons. The molecule has 0 saturated heterocycles. The maximum absolute atomic E-state index is 13.3. The van der Waals surface area contributed by atoms with E-state index >= 15 is 0 Å². The molecule has 2 aromatic heterocycles. The molecule has 0 amide bonds. The predicted molar refractivity (Wildman–Crippen MR) is 79.6 cm³/mol. The van der Waals surface area contributed by atoms with Crippen molar-refractivity contribution in [3.05, 3.63) is 53.7 Å². The fourth-order valence-electron chi connectivity index (χ4n) is 1.92. The number of nitrogens with zero attached hydrogens (tertiary/aromatic N) is 2. The molecule has 1 N–H and O–H groups in total. The fraction of sp³-hybridized carbons (Fsp3) is 0.375. The lowest BCUT2D eigenvalue weighted by Crippen LogP contribution is -2.16. The summed E-state index contributed by atoms with van der Waals surface area (Å²) in [5.41, 5.74) is 1.70. The van der Waals surface area contributed by atoms with Crippen molar-refractivity contribution in [1.29, 1.82) is 0 Å². The molecule has 0 aliphatic carbocycles. The molecule has 21 heavy (non-hydrogen) atoms. The first-order chi connectivity index (χ1) is 10.3. The van der Waals surface area contributed by atoms with E-state index in [1.807, 2.05) is 18.2 Å². The Bertz CT molecular complexity index is 548. The van der Waals surface area contributed by atoms with Gasteiger partial charge in [0.1, 0.15) is 5.82 Å². The van der Waals surface area contributed by atoms with Crippen LogP contribution in [0.3, 0.4) is 0 Å². The first kappa shape index (κ1) is 15.4. The Hall–Kier alpha value is -2.01. The van der Waals surface area contributed by atoms with Crippen LogP contribution in [0.25, 0.3) is 0 Å². The highest BCUT2D eigenvalue weighted by Crippen LogP contribution is 2.16. The summed E-state index contributed by atoms with van der Waals surface area (Å²) >= 11 is 0. The summed E-state index contributed by atoms with van der Waals surface area (Å²) in [5, 5.41) is 3.23. The van der Waals surface area contributed by atoms with Gasteiger partial charge in [0.2, 0.25) is 5.88 Å². The molecular formula is C16H20FN3O. The summed E-state index contributed by atoms with van der Waals surface area (Å²) in [4.78, 5) is 8.26. The normalized spacial score (nSPS) is 10.6. The van der Waals surface area contributed by atoms with Gasteiger partial charge in [-0.05, 0) is 31.2 Å². The van der Waals surface area contributed by atoms with Gasteiger partial charge in [0, 0.05) is 30.4 Å². The molecule has 5 heteroatoms. The van der Waals surface area contributed by atoms with E-state index < -0.39 is 0 Å². The lowest BCUT2D eigenvalue weighted by molar-refractivity contribution is 0.302. The zero-order valence-corrected chi connectivity index (χ0v) is 12.2. The van der Waals surface area contributed by atoms with Crippen LogP contribution >= 0.6 is 0 Å². The van der Waals surface area contributed by atoms with E-state index in [-0.39, 0.29) is 5.82 Å². The topological polar surface area (TPSA) is 47.0 Å². The van der Waals surface area contributed by atoms with Gasteiger partial charge in [0.15, 0.2) is 0 Å². The number of rotatable bonds is 8. The lowest BCUT2D eigenvalue weighted by Gasteiger charge is -2.11. The third kappa shape index (κ3) is 5.11. The third-order valence-corrected chi connectivity index (χ3v) is 2.96. The Morgan fingerprint density at radius 1 is 1.29 bits per heavy atom. The highest BCUT2D eigenvalue weighted by atomic mass is 19.1. The molecule has 2 aromatic rings. The van der Waals surface area contributed by atoms with Crippen LogP contribution in [0.15, 0.2) is 36.7 Å². The second-order valence-electron chi connectivity index (χ2n) is 4.71. The molecule has 0 aliphatic rings. The molecule has 0 fully saturated rings. The maximum Gasteiger partial charge on any atom is 0.218 e. The Kier molecular flexibility index (Phi) is 6.09. The number of nitrogens with one attached hydrogen (secondary N) is 1. The van der Waals surface area contributed by atoms with Gasteiger partial charge in [0.25, 0.3) is 0 Å². The Labute approximate surface area is 124 Å². The van der Waals surface area contributed by atoms with Crippen molar-refractivity contribution in [2.24, 2.45) is 0 Å². The van der Waals surface area contributed by atoms with Crippen molar-refractivity contribution in [2.45, 2.75) is 26.3 Å². The molecule has 112 valence electrons. The van der Waals surface area contributed by atoms with Gasteiger partial charge in [-0.3, -0.25) is 4.98 Å². The molecule has 0 aromatic carbocycles. The smallest absolute Gasteiger partial charge is 0.218 e. The zero-order valence-electron chi connectivity index (χ0n) is 12.2. The maximum atomic E-state index is 13.3. The third-order valence-electron chi connectivity index (χ3n) is 2.96. The summed E-state index contributed by atoms with van der Waals surface area (Å²) in [6, 6.07) is 7.24. The lowest BCUT2D eigenvalue weighted by atomic mass is 10.2. The van der Waals surface area contributed by atoms with Crippen LogP contribution in [0, 0.1) is 5.82 Å². The van der Waals surface area contributed by atoms with Gasteiger partial charge in [-0.2, -0.15) is 0 Å². The van der Waals surface area contributed by atoms with Crippen LogP contribution in [0.5, 0.6) is 5.88 Å². The number of hydrogen-bond acceptors (Lipinski definition) is 4. The minimum atomic E-state index is -0.347. The summed E-state index contributed by atoms with van der Waals surface area (Å²) in [5.74, 6) is 0.135.